The number of nitrogens with zero attached hydrogens (tertiary/aromatic N) is 4. The third-order valence-corrected chi connectivity index (χ3v) is 4.99. The van der Waals surface area contributed by atoms with Crippen LogP contribution in [0.25, 0.3) is 0 Å². The number of nitriles is 1. The maximum Gasteiger partial charge on any atom is 0.309 e. The highest BCUT2D eigenvalue weighted by Crippen LogP contribution is 2.20. The number of carboxylic acid groups (broad SMARTS) is 1. The van der Waals surface area contributed by atoms with E-state index in [1.54, 1.807) is 24.3 Å². The Morgan fingerprint density at radius 3 is 2.72 bits per heavy atom. The molecule has 2 aliphatic rings. The molecule has 0 aromatic heterocycles. The van der Waals surface area contributed by atoms with Crippen LogP contribution < -0.4 is 0 Å². The van der Waals surface area contributed by atoms with Crippen molar-refractivity contribution in [1.29, 1.82) is 5.26 Å². The average molecular weight is 342 g/mol. The lowest BCUT2D eigenvalue weighted by atomic mass is 10.1. The molecule has 2 fully saturated rings. The first kappa shape index (κ1) is 17.4. The Kier molecular flexibility index (Phi) is 5.02. The maximum absolute atomic E-state index is 12.8. The zero-order chi connectivity index (χ0) is 18.0. The van der Waals surface area contributed by atoms with Crippen LogP contribution >= 0.6 is 0 Å². The van der Waals surface area contributed by atoms with Gasteiger partial charge in [-0.1, -0.05) is 6.07 Å². The molecular formula is C18H22N4O3. The number of piperazine rings is 1. The van der Waals surface area contributed by atoms with Gasteiger partial charge in [-0.25, -0.2) is 0 Å². The van der Waals surface area contributed by atoms with Crippen LogP contribution in [0.1, 0.15) is 15.9 Å². The van der Waals surface area contributed by atoms with Gasteiger partial charge < -0.3 is 14.9 Å². The summed E-state index contributed by atoms with van der Waals surface area (Å²) in [5, 5.41) is 18.4. The Morgan fingerprint density at radius 2 is 2.00 bits per heavy atom. The van der Waals surface area contributed by atoms with E-state index >= 15 is 0 Å². The minimum absolute atomic E-state index is 0.0709. The smallest absolute Gasteiger partial charge is 0.309 e. The summed E-state index contributed by atoms with van der Waals surface area (Å²) in [6, 6.07) is 8.94. The fraction of sp³-hybridized carbons (Fsp3) is 0.500. The van der Waals surface area contributed by atoms with Gasteiger partial charge in [0, 0.05) is 50.9 Å². The van der Waals surface area contributed by atoms with Crippen LogP contribution in [-0.4, -0.2) is 84.0 Å². The largest absolute Gasteiger partial charge is 0.481 e. The molecule has 1 aromatic rings. The summed E-state index contributed by atoms with van der Waals surface area (Å²) in [6.45, 7) is 3.61. The molecule has 3 rings (SSSR count). The molecule has 2 atom stereocenters. The number of hydrogen-bond acceptors (Lipinski definition) is 5. The van der Waals surface area contributed by atoms with Crippen LogP contribution in [0.3, 0.4) is 0 Å². The van der Waals surface area contributed by atoms with E-state index in [9.17, 15) is 14.7 Å². The standard InChI is InChI=1S/C18H22N4O3/c1-20-9-15(18(24)25)10-21-5-6-22(12-16(21)11-20)17(23)14-4-2-3-13(7-14)8-19/h2-4,7,15-16H,5-6,9-12H2,1H3,(H,24,25). The first-order chi connectivity index (χ1) is 12.0. The molecule has 132 valence electrons. The van der Waals surface area contributed by atoms with Crippen molar-refractivity contribution in [3.63, 3.8) is 0 Å². The van der Waals surface area contributed by atoms with Crippen molar-refractivity contribution in [2.75, 3.05) is 46.3 Å². The van der Waals surface area contributed by atoms with Crippen molar-refractivity contribution in [2.45, 2.75) is 6.04 Å². The summed E-state index contributed by atoms with van der Waals surface area (Å²) in [5.74, 6) is -1.23. The Bertz CT molecular complexity index is 715. The number of hydrogen-bond donors (Lipinski definition) is 1. The summed E-state index contributed by atoms with van der Waals surface area (Å²) in [4.78, 5) is 30.2. The second kappa shape index (κ2) is 7.21. The molecule has 0 saturated carbocycles. The van der Waals surface area contributed by atoms with E-state index in [0.29, 0.717) is 43.9 Å². The van der Waals surface area contributed by atoms with Gasteiger partial charge in [0.1, 0.15) is 0 Å². The number of carbonyl (C=O) groups is 2. The molecule has 7 nitrogen and oxygen atoms in total. The van der Waals surface area contributed by atoms with Crippen LogP contribution in [0.5, 0.6) is 0 Å². The number of amides is 1. The van der Waals surface area contributed by atoms with Gasteiger partial charge in [-0.05, 0) is 25.2 Å². The lowest BCUT2D eigenvalue weighted by Gasteiger charge is -2.41. The number of carbonyl (C=O) groups excluding carboxylic acids is 1. The van der Waals surface area contributed by atoms with Crippen LogP contribution in [0.15, 0.2) is 24.3 Å². The van der Waals surface area contributed by atoms with Gasteiger partial charge >= 0.3 is 5.97 Å². The molecule has 0 radical (unpaired) electrons. The molecule has 1 aromatic carbocycles. The van der Waals surface area contributed by atoms with Crippen molar-refractivity contribution >= 4 is 11.9 Å². The maximum atomic E-state index is 12.8. The highest BCUT2D eigenvalue weighted by atomic mass is 16.4. The minimum Gasteiger partial charge on any atom is -0.481 e. The van der Waals surface area contributed by atoms with Crippen molar-refractivity contribution in [3.05, 3.63) is 35.4 Å². The fourth-order valence-electron chi connectivity index (χ4n) is 3.70. The van der Waals surface area contributed by atoms with Crippen LogP contribution in [-0.2, 0) is 4.79 Å². The zero-order valence-electron chi connectivity index (χ0n) is 14.3. The summed E-state index contributed by atoms with van der Waals surface area (Å²) >= 11 is 0. The van der Waals surface area contributed by atoms with Crippen molar-refractivity contribution < 1.29 is 14.7 Å². The van der Waals surface area contributed by atoms with Crippen LogP contribution in [0, 0.1) is 17.2 Å². The van der Waals surface area contributed by atoms with Gasteiger partial charge in [0.15, 0.2) is 0 Å². The summed E-state index contributed by atoms with van der Waals surface area (Å²) in [5.41, 5.74) is 1.00. The molecule has 7 heteroatoms. The van der Waals surface area contributed by atoms with Gasteiger partial charge in [0.2, 0.25) is 0 Å². The molecule has 2 unspecified atom stereocenters. The summed E-state index contributed by atoms with van der Waals surface area (Å²) < 4.78 is 0. The number of carboxylic acids is 1. The van der Waals surface area contributed by atoms with Crippen molar-refractivity contribution in [3.8, 4) is 6.07 Å². The topological polar surface area (TPSA) is 87.9 Å². The van der Waals surface area contributed by atoms with Crippen LogP contribution in [0.4, 0.5) is 0 Å². The predicted octanol–water partition coefficient (Wildman–Crippen LogP) is 0.331. The molecule has 2 heterocycles. The first-order valence-corrected chi connectivity index (χ1v) is 8.42. The SMILES string of the molecule is CN1CC(C(=O)O)CN2CCN(C(=O)c3cccc(C#N)c3)CC2C1. The van der Waals surface area contributed by atoms with E-state index in [-0.39, 0.29) is 11.9 Å². The predicted molar refractivity (Wildman–Crippen MR) is 91.0 cm³/mol. The number of benzene rings is 1. The summed E-state index contributed by atoms with van der Waals surface area (Å²) in [6.07, 6.45) is 0. The van der Waals surface area contributed by atoms with E-state index in [1.807, 2.05) is 16.8 Å². The highest BCUT2D eigenvalue weighted by Gasteiger charge is 2.36. The zero-order valence-corrected chi connectivity index (χ0v) is 14.3. The van der Waals surface area contributed by atoms with Gasteiger partial charge in [-0.3, -0.25) is 14.5 Å². The Morgan fingerprint density at radius 1 is 1.20 bits per heavy atom. The highest BCUT2D eigenvalue weighted by molar-refractivity contribution is 5.94. The van der Waals surface area contributed by atoms with Gasteiger partial charge in [-0.15, -0.1) is 0 Å². The number of fused-ring (bicyclic) bond motifs is 1. The third-order valence-electron chi connectivity index (χ3n) is 4.99. The normalized spacial score (nSPS) is 24.9. The van der Waals surface area contributed by atoms with E-state index in [4.69, 9.17) is 5.26 Å². The second-order valence-electron chi connectivity index (χ2n) is 6.85. The Hall–Kier alpha value is -2.43. The number of aliphatic carboxylic acids is 1. The molecule has 0 bridgehead atoms. The lowest BCUT2D eigenvalue weighted by molar-refractivity contribution is -0.142. The average Bonchev–Trinajstić information content (AvgIpc) is 2.78. The molecule has 1 amide bonds. The molecule has 0 aliphatic carbocycles. The third kappa shape index (κ3) is 3.81. The van der Waals surface area contributed by atoms with E-state index in [0.717, 1.165) is 6.54 Å². The molecule has 25 heavy (non-hydrogen) atoms. The van der Waals surface area contributed by atoms with Gasteiger partial charge in [0.25, 0.3) is 5.91 Å². The molecular weight excluding hydrogens is 320 g/mol. The first-order valence-electron chi connectivity index (χ1n) is 8.42. The number of rotatable bonds is 2. The molecule has 1 N–H and O–H groups in total. The van der Waals surface area contributed by atoms with E-state index in [1.165, 1.54) is 0 Å². The van der Waals surface area contributed by atoms with Crippen LogP contribution in [0.2, 0.25) is 0 Å². The second-order valence-corrected chi connectivity index (χ2v) is 6.85. The van der Waals surface area contributed by atoms with E-state index in [2.05, 4.69) is 11.0 Å². The monoisotopic (exact) mass is 342 g/mol. The van der Waals surface area contributed by atoms with Crippen molar-refractivity contribution in [1.82, 2.24) is 14.7 Å². The quantitative estimate of drug-likeness (QED) is 0.833. The van der Waals surface area contributed by atoms with Gasteiger partial charge in [0.05, 0.1) is 17.6 Å². The van der Waals surface area contributed by atoms with E-state index < -0.39 is 11.9 Å². The Balaban J connectivity index is 1.72. The molecule has 0 spiro atoms. The number of likely N-dealkylation sites (N-methyl/N-ethyl adjacent to an activating group) is 1. The molecule has 2 saturated heterocycles. The summed E-state index contributed by atoms with van der Waals surface area (Å²) in [7, 11) is 1.93. The fourth-order valence-corrected chi connectivity index (χ4v) is 3.70. The molecule has 2 aliphatic heterocycles. The lowest BCUT2D eigenvalue weighted by Crippen LogP contribution is -2.57. The minimum atomic E-state index is -0.765. The van der Waals surface area contributed by atoms with Gasteiger partial charge in [-0.2, -0.15) is 5.26 Å². The van der Waals surface area contributed by atoms with Crippen molar-refractivity contribution in [2.24, 2.45) is 5.92 Å². The Labute approximate surface area is 147 Å².